The van der Waals surface area contributed by atoms with Crippen molar-refractivity contribution in [1.82, 2.24) is 9.88 Å². The molecule has 2 amide bonds. The van der Waals surface area contributed by atoms with E-state index in [4.69, 9.17) is 4.74 Å². The number of amides is 2. The lowest BCUT2D eigenvalue weighted by molar-refractivity contribution is 0.0247. The van der Waals surface area contributed by atoms with Crippen LogP contribution < -0.4 is 0 Å². The van der Waals surface area contributed by atoms with Gasteiger partial charge in [-0.1, -0.05) is 13.8 Å². The Morgan fingerprint density at radius 3 is 2.33 bits per heavy atom. The van der Waals surface area contributed by atoms with Crippen LogP contribution >= 0.6 is 0 Å². The van der Waals surface area contributed by atoms with Crippen LogP contribution in [-0.4, -0.2) is 40.6 Å². The number of methoxy groups -OCH3 is 1. The molecule has 0 saturated carbocycles. The third-order valence-electron chi connectivity index (χ3n) is 3.12. The fraction of sp³-hybridized carbons (Fsp3) is 0.529. The van der Waals surface area contributed by atoms with Crippen molar-refractivity contribution >= 4 is 18.0 Å². The average Bonchev–Trinajstić information content (AvgIpc) is 2.85. The van der Waals surface area contributed by atoms with Crippen LogP contribution in [0.1, 0.15) is 66.7 Å². The molecule has 0 fully saturated rings. The SMILES string of the molecule is CC.COC(=O)c1cc(C)c2c(n1)C(=O)N(C(=O)OC(C)(C)C)C2. The molecule has 7 nitrogen and oxygen atoms in total. The Morgan fingerprint density at radius 2 is 1.83 bits per heavy atom. The molecule has 0 unspecified atom stereocenters. The summed E-state index contributed by atoms with van der Waals surface area (Å²) in [5.74, 6) is -1.20. The molecule has 1 aliphatic heterocycles. The molecular formula is C17H24N2O5. The predicted molar refractivity (Wildman–Crippen MR) is 87.8 cm³/mol. The molecule has 24 heavy (non-hydrogen) atoms. The number of aryl methyl sites for hydroxylation is 1. The van der Waals surface area contributed by atoms with Crippen molar-refractivity contribution in [3.63, 3.8) is 0 Å². The third kappa shape index (κ3) is 4.10. The van der Waals surface area contributed by atoms with E-state index >= 15 is 0 Å². The highest BCUT2D eigenvalue weighted by molar-refractivity contribution is 6.06. The van der Waals surface area contributed by atoms with Crippen molar-refractivity contribution in [3.8, 4) is 0 Å². The molecule has 1 aliphatic rings. The molecule has 0 saturated heterocycles. The van der Waals surface area contributed by atoms with Gasteiger partial charge in [-0.2, -0.15) is 0 Å². The molecule has 0 radical (unpaired) electrons. The second-order valence-corrected chi connectivity index (χ2v) is 6.01. The summed E-state index contributed by atoms with van der Waals surface area (Å²) in [6, 6.07) is 1.54. The lowest BCUT2D eigenvalue weighted by atomic mass is 10.1. The Morgan fingerprint density at radius 1 is 1.25 bits per heavy atom. The van der Waals surface area contributed by atoms with Gasteiger partial charge in [-0.3, -0.25) is 4.79 Å². The molecule has 0 atom stereocenters. The fourth-order valence-corrected chi connectivity index (χ4v) is 2.11. The molecule has 0 aliphatic carbocycles. The largest absolute Gasteiger partial charge is 0.464 e. The quantitative estimate of drug-likeness (QED) is 0.733. The van der Waals surface area contributed by atoms with Crippen LogP contribution in [0.3, 0.4) is 0 Å². The standard InChI is InChI=1S/C15H18N2O5.C2H6/c1-8-6-10(13(19)21-5)16-11-9(8)7-17(12(11)18)14(20)22-15(2,3)4;1-2/h6H,7H2,1-5H3;1-2H3. The normalized spacial score (nSPS) is 13.0. The molecule has 1 aromatic heterocycles. The summed E-state index contributed by atoms with van der Waals surface area (Å²) in [5, 5.41) is 0. The zero-order chi connectivity index (χ0) is 18.7. The van der Waals surface area contributed by atoms with Gasteiger partial charge in [0, 0.05) is 5.56 Å². The molecule has 0 spiro atoms. The van der Waals surface area contributed by atoms with Gasteiger partial charge in [0.05, 0.1) is 13.7 Å². The summed E-state index contributed by atoms with van der Waals surface area (Å²) < 4.78 is 9.82. The number of aromatic nitrogens is 1. The number of carbonyl (C=O) groups is 3. The van der Waals surface area contributed by atoms with E-state index in [2.05, 4.69) is 9.72 Å². The van der Waals surface area contributed by atoms with E-state index in [0.717, 1.165) is 4.90 Å². The molecule has 1 aromatic rings. The first kappa shape index (κ1) is 19.6. The van der Waals surface area contributed by atoms with Gasteiger partial charge in [0.2, 0.25) is 0 Å². The van der Waals surface area contributed by atoms with Gasteiger partial charge in [-0.15, -0.1) is 0 Å². The van der Waals surface area contributed by atoms with E-state index in [1.165, 1.54) is 13.2 Å². The Bertz CT molecular complexity index is 662. The average molecular weight is 336 g/mol. The molecule has 0 bridgehead atoms. The molecule has 2 heterocycles. The molecule has 132 valence electrons. The van der Waals surface area contributed by atoms with Gasteiger partial charge in [0.15, 0.2) is 0 Å². The number of nitrogens with zero attached hydrogens (tertiary/aromatic N) is 2. The first-order valence-corrected chi connectivity index (χ1v) is 7.77. The summed E-state index contributed by atoms with van der Waals surface area (Å²) in [7, 11) is 1.24. The van der Waals surface area contributed by atoms with Crippen molar-refractivity contribution in [2.75, 3.05) is 7.11 Å². The van der Waals surface area contributed by atoms with E-state index in [0.29, 0.717) is 11.1 Å². The zero-order valence-electron chi connectivity index (χ0n) is 15.2. The van der Waals surface area contributed by atoms with Crippen molar-refractivity contribution < 1.29 is 23.9 Å². The summed E-state index contributed by atoms with van der Waals surface area (Å²) in [6.07, 6.45) is -0.727. The number of ether oxygens (including phenoxy) is 2. The van der Waals surface area contributed by atoms with Gasteiger partial charge >= 0.3 is 12.1 Å². The molecular weight excluding hydrogens is 312 g/mol. The van der Waals surface area contributed by atoms with Crippen LogP contribution in [0.15, 0.2) is 6.07 Å². The number of pyridine rings is 1. The van der Waals surface area contributed by atoms with E-state index in [1.807, 2.05) is 13.8 Å². The molecule has 0 aromatic carbocycles. The molecule has 7 heteroatoms. The van der Waals surface area contributed by atoms with E-state index < -0.39 is 23.6 Å². The van der Waals surface area contributed by atoms with Crippen LogP contribution in [-0.2, 0) is 16.0 Å². The van der Waals surface area contributed by atoms with E-state index in [1.54, 1.807) is 27.7 Å². The van der Waals surface area contributed by atoms with Gasteiger partial charge in [0.1, 0.15) is 17.0 Å². The van der Waals surface area contributed by atoms with Crippen LogP contribution in [0.4, 0.5) is 4.79 Å². The summed E-state index contributed by atoms with van der Waals surface area (Å²) in [6.45, 7) is 11.0. The van der Waals surface area contributed by atoms with Crippen molar-refractivity contribution in [2.24, 2.45) is 0 Å². The molecule has 2 rings (SSSR count). The smallest absolute Gasteiger partial charge is 0.417 e. The minimum absolute atomic E-state index is 0.0399. The summed E-state index contributed by atoms with van der Waals surface area (Å²) in [5.41, 5.74) is 0.740. The minimum atomic E-state index is -0.727. The Labute approximate surface area is 142 Å². The first-order valence-electron chi connectivity index (χ1n) is 7.77. The number of hydrogen-bond donors (Lipinski definition) is 0. The number of carbonyl (C=O) groups excluding carboxylic acids is 3. The van der Waals surface area contributed by atoms with Crippen LogP contribution in [0.2, 0.25) is 0 Å². The zero-order valence-corrected chi connectivity index (χ0v) is 15.2. The van der Waals surface area contributed by atoms with Crippen molar-refractivity contribution in [2.45, 2.75) is 53.7 Å². The first-order chi connectivity index (χ1) is 11.1. The second-order valence-electron chi connectivity index (χ2n) is 6.01. The Hall–Kier alpha value is -2.44. The minimum Gasteiger partial charge on any atom is -0.464 e. The van der Waals surface area contributed by atoms with Crippen LogP contribution in [0.25, 0.3) is 0 Å². The van der Waals surface area contributed by atoms with E-state index in [-0.39, 0.29) is 17.9 Å². The highest BCUT2D eigenvalue weighted by Crippen LogP contribution is 2.26. The van der Waals surface area contributed by atoms with Crippen LogP contribution in [0.5, 0.6) is 0 Å². The highest BCUT2D eigenvalue weighted by Gasteiger charge is 2.37. The van der Waals surface area contributed by atoms with Gasteiger partial charge in [-0.05, 0) is 39.3 Å². The number of fused-ring (bicyclic) bond motifs is 1. The molecule has 0 N–H and O–H groups in total. The fourth-order valence-electron chi connectivity index (χ4n) is 2.11. The van der Waals surface area contributed by atoms with Gasteiger partial charge in [-0.25, -0.2) is 19.5 Å². The third-order valence-corrected chi connectivity index (χ3v) is 3.12. The Kier molecular flexibility index (Phi) is 6.06. The maximum Gasteiger partial charge on any atom is 0.417 e. The predicted octanol–water partition coefficient (Wildman–Crippen LogP) is 3.09. The van der Waals surface area contributed by atoms with Crippen molar-refractivity contribution in [3.05, 3.63) is 28.6 Å². The summed E-state index contributed by atoms with van der Waals surface area (Å²) in [4.78, 5) is 41.0. The lowest BCUT2D eigenvalue weighted by Gasteiger charge is -2.23. The topological polar surface area (TPSA) is 85.8 Å². The highest BCUT2D eigenvalue weighted by atomic mass is 16.6. The maximum atomic E-state index is 12.3. The number of esters is 1. The van der Waals surface area contributed by atoms with E-state index in [9.17, 15) is 14.4 Å². The number of hydrogen-bond acceptors (Lipinski definition) is 6. The van der Waals surface area contributed by atoms with Crippen molar-refractivity contribution in [1.29, 1.82) is 0 Å². The van der Waals surface area contributed by atoms with Gasteiger partial charge in [0.25, 0.3) is 5.91 Å². The monoisotopic (exact) mass is 336 g/mol. The number of imide groups is 1. The summed E-state index contributed by atoms with van der Waals surface area (Å²) >= 11 is 0. The maximum absolute atomic E-state index is 12.3. The Balaban J connectivity index is 0.00000139. The lowest BCUT2D eigenvalue weighted by Crippen LogP contribution is -2.37. The second kappa shape index (κ2) is 7.42. The van der Waals surface area contributed by atoms with Gasteiger partial charge < -0.3 is 9.47 Å². The van der Waals surface area contributed by atoms with Crippen LogP contribution in [0, 0.1) is 6.92 Å². The number of rotatable bonds is 1.